The van der Waals surface area contributed by atoms with E-state index in [2.05, 4.69) is 5.32 Å². The van der Waals surface area contributed by atoms with Crippen molar-refractivity contribution in [2.45, 2.75) is 18.6 Å². The molecule has 3 nitrogen and oxygen atoms in total. The van der Waals surface area contributed by atoms with Gasteiger partial charge >= 0.3 is 0 Å². The highest BCUT2D eigenvalue weighted by molar-refractivity contribution is 4.88. The molecular formula is C7H14N2O. The summed E-state index contributed by atoms with van der Waals surface area (Å²) in [6.45, 7) is 3.01. The highest BCUT2D eigenvalue weighted by Crippen LogP contribution is 2.22. The molecule has 0 spiro atoms. The number of hydrogen-bond donors (Lipinski definition) is 2. The molecule has 0 aromatic carbocycles. The van der Waals surface area contributed by atoms with E-state index in [1.807, 2.05) is 0 Å². The highest BCUT2D eigenvalue weighted by Gasteiger charge is 2.33. The average Bonchev–Trinajstić information content (AvgIpc) is 2.10. The average molecular weight is 142 g/mol. The second-order valence-corrected chi connectivity index (χ2v) is 3.29. The van der Waals surface area contributed by atoms with Crippen LogP contribution >= 0.6 is 0 Å². The molecule has 3 N–H and O–H groups in total. The maximum absolute atomic E-state index is 5.70. The lowest BCUT2D eigenvalue weighted by molar-refractivity contribution is 0.0413. The van der Waals surface area contributed by atoms with E-state index in [-0.39, 0.29) is 0 Å². The molecule has 2 aliphatic heterocycles. The summed E-state index contributed by atoms with van der Waals surface area (Å²) in [5, 5.41) is 3.23. The van der Waals surface area contributed by atoms with E-state index in [0.717, 1.165) is 32.0 Å². The summed E-state index contributed by atoms with van der Waals surface area (Å²) in [4.78, 5) is 0. The quantitative estimate of drug-likeness (QED) is 0.510. The van der Waals surface area contributed by atoms with Crippen molar-refractivity contribution in [3.8, 4) is 0 Å². The van der Waals surface area contributed by atoms with Crippen LogP contribution in [0.2, 0.25) is 0 Å². The zero-order valence-electron chi connectivity index (χ0n) is 6.05. The first-order chi connectivity index (χ1) is 4.86. The summed E-state index contributed by atoms with van der Waals surface area (Å²) in [6, 6.07) is 0.297. The molecule has 2 unspecified atom stereocenters. The highest BCUT2D eigenvalue weighted by atomic mass is 16.5. The Balaban J connectivity index is 1.82. The van der Waals surface area contributed by atoms with Gasteiger partial charge in [0.1, 0.15) is 0 Å². The zero-order valence-corrected chi connectivity index (χ0v) is 6.05. The van der Waals surface area contributed by atoms with Crippen LogP contribution < -0.4 is 11.1 Å². The second-order valence-electron chi connectivity index (χ2n) is 3.29. The maximum Gasteiger partial charge on any atom is 0.0644 e. The molecule has 0 aromatic rings. The third-order valence-electron chi connectivity index (χ3n) is 2.40. The van der Waals surface area contributed by atoms with Crippen molar-refractivity contribution in [1.29, 1.82) is 0 Å². The Morgan fingerprint density at radius 3 is 2.60 bits per heavy atom. The predicted octanol–water partition coefficient (Wildman–Crippen LogP) is -0.678. The smallest absolute Gasteiger partial charge is 0.0644 e. The summed E-state index contributed by atoms with van der Waals surface area (Å²) in [5.41, 5.74) is 5.70. The lowest BCUT2D eigenvalue weighted by Gasteiger charge is -2.31. The van der Waals surface area contributed by atoms with E-state index in [0.29, 0.717) is 12.1 Å². The molecule has 0 radical (unpaired) electrons. The molecule has 2 fully saturated rings. The molecule has 2 heterocycles. The summed E-state index contributed by atoms with van der Waals surface area (Å²) in [5.74, 6) is 0.744. The summed E-state index contributed by atoms with van der Waals surface area (Å²) >= 11 is 0. The molecule has 0 aliphatic carbocycles. The predicted molar refractivity (Wildman–Crippen MR) is 38.7 cm³/mol. The number of rotatable bonds is 1. The number of nitrogens with two attached hydrogens (primary N) is 1. The molecule has 2 atom stereocenters. The van der Waals surface area contributed by atoms with Gasteiger partial charge in [0.15, 0.2) is 0 Å². The maximum atomic E-state index is 5.70. The Labute approximate surface area is 60.9 Å². The van der Waals surface area contributed by atoms with E-state index >= 15 is 0 Å². The van der Waals surface area contributed by atoms with Crippen LogP contribution in [0.4, 0.5) is 0 Å². The summed E-state index contributed by atoms with van der Waals surface area (Å²) in [7, 11) is 0. The second kappa shape index (κ2) is 2.49. The summed E-state index contributed by atoms with van der Waals surface area (Å²) in [6.07, 6.45) is 1.52. The third-order valence-corrected chi connectivity index (χ3v) is 2.40. The monoisotopic (exact) mass is 142 g/mol. The van der Waals surface area contributed by atoms with Gasteiger partial charge in [-0.1, -0.05) is 0 Å². The van der Waals surface area contributed by atoms with Gasteiger partial charge < -0.3 is 15.8 Å². The van der Waals surface area contributed by atoms with Gasteiger partial charge in [0, 0.05) is 25.0 Å². The van der Waals surface area contributed by atoms with Gasteiger partial charge in [-0.25, -0.2) is 0 Å². The van der Waals surface area contributed by atoms with Crippen molar-refractivity contribution >= 4 is 0 Å². The molecule has 0 amide bonds. The van der Waals surface area contributed by atoms with Crippen molar-refractivity contribution in [3.05, 3.63) is 0 Å². The van der Waals surface area contributed by atoms with Gasteiger partial charge in [0.05, 0.1) is 12.7 Å². The van der Waals surface area contributed by atoms with Crippen LogP contribution in [0.25, 0.3) is 0 Å². The van der Waals surface area contributed by atoms with Crippen LogP contribution in [0.1, 0.15) is 6.42 Å². The van der Waals surface area contributed by atoms with Crippen LogP contribution in [0, 0.1) is 5.92 Å². The Morgan fingerprint density at radius 1 is 1.40 bits per heavy atom. The van der Waals surface area contributed by atoms with E-state index in [9.17, 15) is 0 Å². The molecular weight excluding hydrogens is 128 g/mol. The van der Waals surface area contributed by atoms with Gasteiger partial charge in [-0.3, -0.25) is 0 Å². The fraction of sp³-hybridized carbons (Fsp3) is 1.00. The standard InChI is InChI=1S/C7H14N2O/c8-6-1-7(10-4-6)5-2-9-3-5/h5-7,9H,1-4,8H2. The first-order valence-corrected chi connectivity index (χ1v) is 3.94. The Kier molecular flexibility index (Phi) is 1.64. The molecule has 0 bridgehead atoms. The van der Waals surface area contributed by atoms with Crippen LogP contribution in [-0.2, 0) is 4.74 Å². The minimum atomic E-state index is 0.297. The minimum absolute atomic E-state index is 0.297. The van der Waals surface area contributed by atoms with Crippen molar-refractivity contribution in [1.82, 2.24) is 5.32 Å². The van der Waals surface area contributed by atoms with Crippen LogP contribution in [0.3, 0.4) is 0 Å². The molecule has 0 aromatic heterocycles. The van der Waals surface area contributed by atoms with E-state index in [4.69, 9.17) is 10.5 Å². The van der Waals surface area contributed by atoms with Crippen LogP contribution in [0.15, 0.2) is 0 Å². The molecule has 2 saturated heterocycles. The largest absolute Gasteiger partial charge is 0.376 e. The van der Waals surface area contributed by atoms with E-state index in [1.165, 1.54) is 0 Å². The number of nitrogens with one attached hydrogen (secondary N) is 1. The molecule has 10 heavy (non-hydrogen) atoms. The molecule has 3 heteroatoms. The van der Waals surface area contributed by atoms with Gasteiger partial charge in [0.25, 0.3) is 0 Å². The van der Waals surface area contributed by atoms with Crippen molar-refractivity contribution < 1.29 is 4.74 Å². The minimum Gasteiger partial charge on any atom is -0.376 e. The lowest BCUT2D eigenvalue weighted by atomic mass is 9.94. The SMILES string of the molecule is NC1COC(C2CNC2)C1. The van der Waals surface area contributed by atoms with Crippen LogP contribution in [-0.4, -0.2) is 31.8 Å². The number of hydrogen-bond acceptors (Lipinski definition) is 3. The first-order valence-electron chi connectivity index (χ1n) is 3.94. The third kappa shape index (κ3) is 1.05. The van der Waals surface area contributed by atoms with Crippen molar-refractivity contribution in [2.75, 3.05) is 19.7 Å². The molecule has 2 rings (SSSR count). The fourth-order valence-corrected chi connectivity index (χ4v) is 1.58. The topological polar surface area (TPSA) is 47.3 Å². The molecule has 0 saturated carbocycles. The number of ether oxygens (including phenoxy) is 1. The molecule has 58 valence electrons. The van der Waals surface area contributed by atoms with Gasteiger partial charge in [-0.2, -0.15) is 0 Å². The zero-order chi connectivity index (χ0) is 6.97. The molecule has 2 aliphatic rings. The Morgan fingerprint density at radius 2 is 2.20 bits per heavy atom. The van der Waals surface area contributed by atoms with Crippen LogP contribution in [0.5, 0.6) is 0 Å². The van der Waals surface area contributed by atoms with Gasteiger partial charge in [-0.05, 0) is 6.42 Å². The van der Waals surface area contributed by atoms with E-state index < -0.39 is 0 Å². The Bertz CT molecular complexity index is 125. The van der Waals surface area contributed by atoms with Gasteiger partial charge in [-0.15, -0.1) is 0 Å². The lowest BCUT2D eigenvalue weighted by Crippen LogP contribution is -2.48. The fourth-order valence-electron chi connectivity index (χ4n) is 1.58. The van der Waals surface area contributed by atoms with Gasteiger partial charge in [0.2, 0.25) is 0 Å². The van der Waals surface area contributed by atoms with Crippen molar-refractivity contribution in [3.63, 3.8) is 0 Å². The van der Waals surface area contributed by atoms with Crippen molar-refractivity contribution in [2.24, 2.45) is 11.7 Å². The Hall–Kier alpha value is -0.120. The normalized spacial score (nSPS) is 41.7. The summed E-state index contributed by atoms with van der Waals surface area (Å²) < 4.78 is 5.50. The van der Waals surface area contributed by atoms with E-state index in [1.54, 1.807) is 0 Å². The first kappa shape index (κ1) is 6.58.